The summed E-state index contributed by atoms with van der Waals surface area (Å²) < 4.78 is 15.6. The smallest absolute Gasteiger partial charge is 0.252 e. The van der Waals surface area contributed by atoms with Crippen molar-refractivity contribution in [1.82, 2.24) is 30.2 Å². The summed E-state index contributed by atoms with van der Waals surface area (Å²) in [5.74, 6) is 2.20. The van der Waals surface area contributed by atoms with Crippen LogP contribution in [0.3, 0.4) is 0 Å². The first-order valence-electron chi connectivity index (χ1n) is 8.13. The molecule has 0 bridgehead atoms. The van der Waals surface area contributed by atoms with Crippen molar-refractivity contribution >= 4 is 0 Å². The summed E-state index contributed by atoms with van der Waals surface area (Å²) in [7, 11) is 1.59. The van der Waals surface area contributed by atoms with Gasteiger partial charge in [-0.15, -0.1) is 0 Å². The fourth-order valence-corrected chi connectivity index (χ4v) is 2.98. The lowest BCUT2D eigenvalue weighted by atomic mass is 10.2. The highest BCUT2D eigenvalue weighted by atomic mass is 16.5. The summed E-state index contributed by atoms with van der Waals surface area (Å²) in [5.41, 5.74) is 0.699. The van der Waals surface area contributed by atoms with Crippen LogP contribution in [0.5, 0.6) is 0 Å². The van der Waals surface area contributed by atoms with Crippen molar-refractivity contribution in [3.05, 3.63) is 42.0 Å². The maximum Gasteiger partial charge on any atom is 0.252 e. The van der Waals surface area contributed by atoms with Crippen molar-refractivity contribution in [2.75, 3.05) is 13.7 Å². The second-order valence-electron chi connectivity index (χ2n) is 5.84. The molecule has 0 N–H and O–H groups in total. The molecule has 9 nitrogen and oxygen atoms in total. The summed E-state index contributed by atoms with van der Waals surface area (Å²) in [4.78, 5) is 15.3. The molecule has 130 valence electrons. The molecule has 1 saturated heterocycles. The maximum absolute atomic E-state index is 5.49. The first kappa shape index (κ1) is 15.9. The minimum atomic E-state index is 0.0503. The molecular weight excluding hydrogens is 324 g/mol. The Hall–Kier alpha value is -2.65. The molecule has 0 spiro atoms. The molecule has 9 heteroatoms. The molecule has 0 saturated carbocycles. The Bertz CT molecular complexity index is 818. The first-order valence-corrected chi connectivity index (χ1v) is 8.13. The molecule has 1 aliphatic heterocycles. The van der Waals surface area contributed by atoms with Gasteiger partial charge in [0.15, 0.2) is 5.82 Å². The van der Waals surface area contributed by atoms with Crippen LogP contribution in [0.1, 0.15) is 36.5 Å². The van der Waals surface area contributed by atoms with E-state index in [1.165, 1.54) is 0 Å². The fraction of sp³-hybridized carbons (Fsp3) is 0.438. The van der Waals surface area contributed by atoms with Crippen LogP contribution in [0.25, 0.3) is 11.5 Å². The number of likely N-dealkylation sites (tertiary alicyclic amines) is 1. The van der Waals surface area contributed by atoms with Crippen molar-refractivity contribution in [2.24, 2.45) is 0 Å². The van der Waals surface area contributed by atoms with E-state index < -0.39 is 0 Å². The van der Waals surface area contributed by atoms with Crippen LogP contribution < -0.4 is 0 Å². The Morgan fingerprint density at radius 1 is 1.24 bits per heavy atom. The molecule has 0 amide bonds. The zero-order chi connectivity index (χ0) is 17.1. The van der Waals surface area contributed by atoms with Gasteiger partial charge in [0.25, 0.3) is 5.89 Å². The molecule has 1 fully saturated rings. The summed E-state index contributed by atoms with van der Waals surface area (Å²) in [6, 6.07) is 5.66. The second kappa shape index (κ2) is 7.08. The molecule has 4 rings (SSSR count). The molecule has 4 heterocycles. The van der Waals surface area contributed by atoms with Gasteiger partial charge in [-0.2, -0.15) is 9.97 Å². The molecule has 25 heavy (non-hydrogen) atoms. The Labute approximate surface area is 144 Å². The predicted molar refractivity (Wildman–Crippen MR) is 84.9 cm³/mol. The fourth-order valence-electron chi connectivity index (χ4n) is 2.98. The molecule has 1 atom stereocenters. The van der Waals surface area contributed by atoms with E-state index in [0.717, 1.165) is 19.4 Å². The van der Waals surface area contributed by atoms with Crippen LogP contribution in [-0.4, -0.2) is 43.8 Å². The van der Waals surface area contributed by atoms with Crippen LogP contribution in [0.2, 0.25) is 0 Å². The van der Waals surface area contributed by atoms with Gasteiger partial charge >= 0.3 is 0 Å². The highest BCUT2D eigenvalue weighted by molar-refractivity contribution is 5.47. The second-order valence-corrected chi connectivity index (χ2v) is 5.84. The van der Waals surface area contributed by atoms with E-state index in [0.29, 0.717) is 42.3 Å². The lowest BCUT2D eigenvalue weighted by Crippen LogP contribution is -2.23. The van der Waals surface area contributed by atoms with Gasteiger partial charge in [0.05, 0.1) is 12.6 Å². The Balaban J connectivity index is 1.48. The predicted octanol–water partition coefficient (Wildman–Crippen LogP) is 2.00. The van der Waals surface area contributed by atoms with Crippen LogP contribution >= 0.6 is 0 Å². The van der Waals surface area contributed by atoms with Crippen LogP contribution in [0, 0.1) is 0 Å². The maximum atomic E-state index is 5.49. The van der Waals surface area contributed by atoms with Crippen LogP contribution in [0.4, 0.5) is 0 Å². The minimum absolute atomic E-state index is 0.0503. The van der Waals surface area contributed by atoms with Crippen LogP contribution in [-0.2, 0) is 17.9 Å². The van der Waals surface area contributed by atoms with Gasteiger partial charge in [-0.1, -0.05) is 16.4 Å². The highest BCUT2D eigenvalue weighted by Gasteiger charge is 2.32. The first-order chi connectivity index (χ1) is 12.3. The molecule has 0 aliphatic carbocycles. The third-order valence-corrected chi connectivity index (χ3v) is 4.11. The molecular formula is C16H18N6O3. The third-order valence-electron chi connectivity index (χ3n) is 4.11. The zero-order valence-electron chi connectivity index (χ0n) is 13.8. The Morgan fingerprint density at radius 2 is 2.20 bits per heavy atom. The van der Waals surface area contributed by atoms with Crippen LogP contribution in [0.15, 0.2) is 33.4 Å². The van der Waals surface area contributed by atoms with Crippen molar-refractivity contribution in [3.8, 4) is 11.5 Å². The van der Waals surface area contributed by atoms with Gasteiger partial charge in [-0.05, 0) is 31.5 Å². The molecule has 0 radical (unpaired) electrons. The lowest BCUT2D eigenvalue weighted by Gasteiger charge is -2.19. The average Bonchev–Trinajstić information content (AvgIpc) is 3.37. The van der Waals surface area contributed by atoms with E-state index in [1.807, 2.05) is 18.2 Å². The van der Waals surface area contributed by atoms with Gasteiger partial charge < -0.3 is 13.8 Å². The normalized spacial score (nSPS) is 18.0. The van der Waals surface area contributed by atoms with E-state index in [9.17, 15) is 0 Å². The van der Waals surface area contributed by atoms with Gasteiger partial charge in [0.1, 0.15) is 12.3 Å². The van der Waals surface area contributed by atoms with E-state index in [2.05, 4.69) is 30.2 Å². The summed E-state index contributed by atoms with van der Waals surface area (Å²) >= 11 is 0. The standard InChI is InChI=1S/C16H18N6O3/c1-23-10-14-18-13(20-24-14)9-22-8-4-6-12(22)16-19-15(21-25-16)11-5-2-3-7-17-11/h2-3,5,7,12H,4,6,8-10H2,1H3. The molecule has 1 aliphatic rings. The number of nitrogens with zero attached hydrogens (tertiary/aromatic N) is 6. The van der Waals surface area contributed by atoms with E-state index in [4.69, 9.17) is 13.8 Å². The zero-order valence-corrected chi connectivity index (χ0v) is 13.8. The lowest BCUT2D eigenvalue weighted by molar-refractivity contribution is 0.151. The Morgan fingerprint density at radius 3 is 3.04 bits per heavy atom. The summed E-state index contributed by atoms with van der Waals surface area (Å²) in [5, 5.41) is 8.05. The van der Waals surface area contributed by atoms with E-state index >= 15 is 0 Å². The number of hydrogen-bond acceptors (Lipinski definition) is 9. The highest BCUT2D eigenvalue weighted by Crippen LogP contribution is 2.32. The minimum Gasteiger partial charge on any atom is -0.375 e. The number of rotatable bonds is 6. The summed E-state index contributed by atoms with van der Waals surface area (Å²) in [6.07, 6.45) is 3.71. The molecule has 0 aromatic carbocycles. The van der Waals surface area contributed by atoms with E-state index in [1.54, 1.807) is 13.3 Å². The number of hydrogen-bond donors (Lipinski definition) is 0. The van der Waals surface area contributed by atoms with Gasteiger partial charge in [-0.25, -0.2) is 0 Å². The number of ether oxygens (including phenoxy) is 1. The monoisotopic (exact) mass is 342 g/mol. The van der Waals surface area contributed by atoms with Crippen molar-refractivity contribution < 1.29 is 13.8 Å². The van der Waals surface area contributed by atoms with Gasteiger partial charge in [0, 0.05) is 13.3 Å². The van der Waals surface area contributed by atoms with Gasteiger partial charge in [-0.3, -0.25) is 9.88 Å². The average molecular weight is 342 g/mol. The third kappa shape index (κ3) is 3.42. The summed E-state index contributed by atoms with van der Waals surface area (Å²) in [6.45, 7) is 1.80. The quantitative estimate of drug-likeness (QED) is 0.665. The largest absolute Gasteiger partial charge is 0.375 e. The number of methoxy groups -OCH3 is 1. The van der Waals surface area contributed by atoms with Crippen molar-refractivity contribution in [1.29, 1.82) is 0 Å². The van der Waals surface area contributed by atoms with Gasteiger partial charge in [0.2, 0.25) is 11.7 Å². The number of aromatic nitrogens is 5. The van der Waals surface area contributed by atoms with Crippen molar-refractivity contribution in [3.63, 3.8) is 0 Å². The Kier molecular flexibility index (Phi) is 4.49. The molecule has 3 aromatic heterocycles. The topological polar surface area (TPSA) is 103 Å². The molecule has 3 aromatic rings. The molecule has 1 unspecified atom stereocenters. The SMILES string of the molecule is COCc1nc(CN2CCCC2c2nc(-c3ccccn3)no2)no1. The van der Waals surface area contributed by atoms with E-state index in [-0.39, 0.29) is 6.04 Å². The number of pyridine rings is 1. The van der Waals surface area contributed by atoms with Crippen molar-refractivity contribution in [2.45, 2.75) is 32.0 Å².